The molecular weight excluding hydrogens is 240 g/mol. The van der Waals surface area contributed by atoms with Gasteiger partial charge in [0, 0.05) is 17.6 Å². The lowest BCUT2D eigenvalue weighted by Crippen LogP contribution is -2.47. The van der Waals surface area contributed by atoms with Crippen LogP contribution < -0.4 is 16.8 Å². The van der Waals surface area contributed by atoms with E-state index in [9.17, 15) is 4.79 Å². The molecule has 0 heterocycles. The summed E-state index contributed by atoms with van der Waals surface area (Å²) in [4.78, 5) is 14.5. The number of carbonyl (C=O) groups is 1. The van der Waals surface area contributed by atoms with E-state index in [0.29, 0.717) is 13.0 Å². The summed E-state index contributed by atoms with van der Waals surface area (Å²) < 4.78 is 0. The van der Waals surface area contributed by atoms with Crippen LogP contribution in [0.15, 0.2) is 0 Å². The van der Waals surface area contributed by atoms with E-state index in [1.54, 1.807) is 0 Å². The largest absolute Gasteiger partial charge is 0.356 e. The molecule has 1 aliphatic rings. The molecule has 1 aliphatic carbocycles. The van der Waals surface area contributed by atoms with Crippen LogP contribution in [0.2, 0.25) is 0 Å². The molecule has 19 heavy (non-hydrogen) atoms. The minimum Gasteiger partial charge on any atom is -0.356 e. The van der Waals surface area contributed by atoms with Gasteiger partial charge < -0.3 is 21.7 Å². The van der Waals surface area contributed by atoms with E-state index in [0.717, 1.165) is 19.4 Å². The third-order valence-corrected chi connectivity index (χ3v) is 3.90. The number of carbonyl (C=O) groups excluding carboxylic acids is 1. The van der Waals surface area contributed by atoms with Crippen molar-refractivity contribution in [3.63, 3.8) is 0 Å². The van der Waals surface area contributed by atoms with Gasteiger partial charge in [0.2, 0.25) is 5.91 Å². The molecule has 1 saturated carbocycles. The predicted molar refractivity (Wildman–Crippen MR) is 78.7 cm³/mol. The molecule has 5 heteroatoms. The van der Waals surface area contributed by atoms with Crippen LogP contribution in [0.25, 0.3) is 0 Å². The number of hydrogen-bond acceptors (Lipinski definition) is 4. The molecule has 1 amide bonds. The number of nitrogens with zero attached hydrogens (tertiary/aromatic N) is 1. The Morgan fingerprint density at radius 2 is 1.95 bits per heavy atom. The molecule has 0 bridgehead atoms. The minimum atomic E-state index is -0.483. The van der Waals surface area contributed by atoms with Gasteiger partial charge in [-0.15, -0.1) is 0 Å². The van der Waals surface area contributed by atoms with Gasteiger partial charge in [-0.2, -0.15) is 0 Å². The maximum atomic E-state index is 12.4. The maximum Gasteiger partial charge on any atom is 0.228 e. The van der Waals surface area contributed by atoms with Crippen molar-refractivity contribution in [1.82, 2.24) is 10.2 Å². The van der Waals surface area contributed by atoms with Crippen LogP contribution in [0.4, 0.5) is 0 Å². The van der Waals surface area contributed by atoms with E-state index < -0.39 is 11.0 Å². The fraction of sp³-hybridized carbons (Fsp3) is 0.929. The fourth-order valence-corrected chi connectivity index (χ4v) is 2.81. The summed E-state index contributed by atoms with van der Waals surface area (Å²) in [7, 11) is 4.05. The molecule has 0 spiro atoms. The zero-order valence-corrected chi connectivity index (χ0v) is 13.0. The van der Waals surface area contributed by atoms with Crippen molar-refractivity contribution in [2.75, 3.05) is 27.2 Å². The van der Waals surface area contributed by atoms with Gasteiger partial charge in [-0.25, -0.2) is 0 Å². The summed E-state index contributed by atoms with van der Waals surface area (Å²) in [5.41, 5.74) is 11.0. The Morgan fingerprint density at radius 1 is 1.42 bits per heavy atom. The Kier molecular flexibility index (Phi) is 4.65. The van der Waals surface area contributed by atoms with E-state index >= 15 is 0 Å². The molecule has 0 aromatic carbocycles. The van der Waals surface area contributed by atoms with E-state index in [4.69, 9.17) is 11.5 Å². The Hall–Kier alpha value is -0.650. The lowest BCUT2D eigenvalue weighted by atomic mass is 9.85. The summed E-state index contributed by atoms with van der Waals surface area (Å²) in [6, 6.07) is 0. The van der Waals surface area contributed by atoms with E-state index in [1.165, 1.54) is 0 Å². The first-order valence-corrected chi connectivity index (χ1v) is 7.01. The summed E-state index contributed by atoms with van der Waals surface area (Å²) in [5.74, 6) is 0.0646. The second-order valence-corrected chi connectivity index (χ2v) is 7.25. The molecule has 0 aromatic rings. The molecule has 0 saturated heterocycles. The Labute approximate surface area is 117 Å². The second kappa shape index (κ2) is 5.38. The number of amides is 1. The van der Waals surface area contributed by atoms with Crippen molar-refractivity contribution in [2.24, 2.45) is 16.9 Å². The monoisotopic (exact) mass is 270 g/mol. The molecule has 0 aromatic heterocycles. The average molecular weight is 270 g/mol. The summed E-state index contributed by atoms with van der Waals surface area (Å²) >= 11 is 0. The van der Waals surface area contributed by atoms with Crippen molar-refractivity contribution in [3.8, 4) is 0 Å². The second-order valence-electron chi connectivity index (χ2n) is 7.25. The van der Waals surface area contributed by atoms with Gasteiger partial charge in [0.25, 0.3) is 0 Å². The zero-order valence-electron chi connectivity index (χ0n) is 13.0. The highest BCUT2D eigenvalue weighted by Crippen LogP contribution is 2.58. The highest BCUT2D eigenvalue weighted by molar-refractivity contribution is 5.88. The van der Waals surface area contributed by atoms with Crippen molar-refractivity contribution >= 4 is 5.91 Å². The fourth-order valence-electron chi connectivity index (χ4n) is 2.81. The number of rotatable bonds is 7. The van der Waals surface area contributed by atoms with Gasteiger partial charge >= 0.3 is 0 Å². The SMILES string of the molecule is CN(C)CCCNC(=O)C1(CC(C)(C)N)CC1(C)N. The van der Waals surface area contributed by atoms with Gasteiger partial charge in [-0.3, -0.25) is 4.79 Å². The summed E-state index contributed by atoms with van der Waals surface area (Å²) in [6.45, 7) is 7.50. The van der Waals surface area contributed by atoms with Gasteiger partial charge in [0.1, 0.15) is 0 Å². The van der Waals surface area contributed by atoms with Crippen LogP contribution in [0.5, 0.6) is 0 Å². The third kappa shape index (κ3) is 4.16. The molecule has 0 radical (unpaired) electrons. The highest BCUT2D eigenvalue weighted by atomic mass is 16.2. The molecule has 2 atom stereocenters. The van der Waals surface area contributed by atoms with Gasteiger partial charge in [0.05, 0.1) is 5.41 Å². The number of hydrogen-bond donors (Lipinski definition) is 3. The van der Waals surface area contributed by atoms with E-state index in [2.05, 4.69) is 10.2 Å². The van der Waals surface area contributed by atoms with Gasteiger partial charge in [-0.1, -0.05) is 0 Å². The maximum absolute atomic E-state index is 12.4. The standard InChI is InChI=1S/C14H30N4O/c1-12(2,15)9-14(10-13(14,3)16)11(19)17-7-6-8-18(4)5/h6-10,15-16H2,1-5H3,(H,17,19). The quantitative estimate of drug-likeness (QED) is 0.581. The topological polar surface area (TPSA) is 84.4 Å². The molecule has 1 fully saturated rings. The first kappa shape index (κ1) is 16.4. The van der Waals surface area contributed by atoms with Crippen molar-refractivity contribution in [1.29, 1.82) is 0 Å². The van der Waals surface area contributed by atoms with Crippen LogP contribution in [0.3, 0.4) is 0 Å². The van der Waals surface area contributed by atoms with Gasteiger partial charge in [-0.05, 0) is 60.7 Å². The van der Waals surface area contributed by atoms with Crippen LogP contribution in [0, 0.1) is 5.41 Å². The molecule has 1 rings (SSSR count). The first-order valence-electron chi connectivity index (χ1n) is 7.01. The Morgan fingerprint density at radius 3 is 2.32 bits per heavy atom. The number of nitrogens with two attached hydrogens (primary N) is 2. The van der Waals surface area contributed by atoms with E-state index in [1.807, 2.05) is 34.9 Å². The van der Waals surface area contributed by atoms with E-state index in [-0.39, 0.29) is 11.4 Å². The summed E-state index contributed by atoms with van der Waals surface area (Å²) in [5, 5.41) is 3.02. The van der Waals surface area contributed by atoms with Crippen molar-refractivity contribution < 1.29 is 4.79 Å². The third-order valence-electron chi connectivity index (χ3n) is 3.90. The van der Waals surface area contributed by atoms with Crippen molar-refractivity contribution in [2.45, 2.75) is 51.1 Å². The Bertz CT molecular complexity index is 333. The first-order chi connectivity index (χ1) is 8.50. The van der Waals surface area contributed by atoms with Crippen LogP contribution in [-0.2, 0) is 4.79 Å². The predicted octanol–water partition coefficient (Wildman–Crippen LogP) is 0.289. The van der Waals surface area contributed by atoms with Crippen LogP contribution in [0.1, 0.15) is 40.0 Å². The minimum absolute atomic E-state index is 0.0646. The molecule has 0 aliphatic heterocycles. The molecule has 2 unspecified atom stereocenters. The molecule has 5 nitrogen and oxygen atoms in total. The number of nitrogens with one attached hydrogen (secondary N) is 1. The average Bonchev–Trinajstić information content (AvgIpc) is 2.73. The Balaban J connectivity index is 2.52. The van der Waals surface area contributed by atoms with Crippen LogP contribution >= 0.6 is 0 Å². The van der Waals surface area contributed by atoms with Gasteiger partial charge in [0.15, 0.2) is 0 Å². The smallest absolute Gasteiger partial charge is 0.228 e. The highest BCUT2D eigenvalue weighted by Gasteiger charge is 2.67. The molecular formula is C14H30N4O. The lowest BCUT2D eigenvalue weighted by Gasteiger charge is -2.28. The van der Waals surface area contributed by atoms with Crippen LogP contribution in [-0.4, -0.2) is 49.1 Å². The molecule has 112 valence electrons. The summed E-state index contributed by atoms with van der Waals surface area (Å²) in [6.07, 6.45) is 2.30. The molecule has 5 N–H and O–H groups in total. The zero-order chi connectivity index (χ0) is 14.9. The normalized spacial score (nSPS) is 30.5. The lowest BCUT2D eigenvalue weighted by molar-refractivity contribution is -0.127. The van der Waals surface area contributed by atoms with Crippen molar-refractivity contribution in [3.05, 3.63) is 0 Å².